The van der Waals surface area contributed by atoms with Crippen LogP contribution in [0.15, 0.2) is 0 Å². The Morgan fingerprint density at radius 1 is 1.47 bits per heavy atom. The Kier molecular flexibility index (Phi) is 5.01. The zero-order valence-corrected chi connectivity index (χ0v) is 9.53. The summed E-state index contributed by atoms with van der Waals surface area (Å²) in [7, 11) is 0. The number of carbonyl (C=O) groups is 1. The maximum Gasteiger partial charge on any atom is 0.234 e. The molecule has 0 bridgehead atoms. The summed E-state index contributed by atoms with van der Waals surface area (Å²) in [5.74, 6) is -0.302. The van der Waals surface area contributed by atoms with Gasteiger partial charge in [-0.2, -0.15) is 0 Å². The zero-order chi connectivity index (χ0) is 11.3. The van der Waals surface area contributed by atoms with Crippen LogP contribution < -0.4 is 11.1 Å². The number of nitrogens with one attached hydrogen (secondary N) is 1. The fourth-order valence-corrected chi connectivity index (χ4v) is 1.73. The van der Waals surface area contributed by atoms with Gasteiger partial charge in [-0.15, -0.1) is 0 Å². The van der Waals surface area contributed by atoms with Gasteiger partial charge >= 0.3 is 0 Å². The highest BCUT2D eigenvalue weighted by atomic mass is 16.5. The zero-order valence-electron chi connectivity index (χ0n) is 9.53. The smallest absolute Gasteiger partial charge is 0.234 e. The van der Waals surface area contributed by atoms with E-state index in [9.17, 15) is 4.79 Å². The molecule has 2 unspecified atom stereocenters. The largest absolute Gasteiger partial charge is 0.379 e. The molecule has 1 amide bonds. The van der Waals surface area contributed by atoms with Crippen molar-refractivity contribution in [3.05, 3.63) is 0 Å². The SMILES string of the molecule is CC(CN1CCOCC1)NC(C)C(N)=O. The van der Waals surface area contributed by atoms with Gasteiger partial charge in [0.1, 0.15) is 0 Å². The lowest BCUT2D eigenvalue weighted by Crippen LogP contribution is -2.49. The standard InChI is InChI=1S/C10H21N3O2/c1-8(12-9(2)10(11)14)7-13-3-5-15-6-4-13/h8-9,12H,3-7H2,1-2H3,(H2,11,14). The van der Waals surface area contributed by atoms with Gasteiger partial charge in [-0.1, -0.05) is 0 Å². The second-order valence-corrected chi connectivity index (χ2v) is 4.10. The minimum atomic E-state index is -0.302. The van der Waals surface area contributed by atoms with Gasteiger partial charge in [-0.25, -0.2) is 0 Å². The first-order valence-electron chi connectivity index (χ1n) is 5.45. The van der Waals surface area contributed by atoms with Crippen LogP contribution in [0.3, 0.4) is 0 Å². The topological polar surface area (TPSA) is 67.6 Å². The van der Waals surface area contributed by atoms with Crippen molar-refractivity contribution >= 4 is 5.91 Å². The first-order chi connectivity index (χ1) is 7.09. The Morgan fingerprint density at radius 3 is 2.60 bits per heavy atom. The van der Waals surface area contributed by atoms with E-state index in [1.807, 2.05) is 0 Å². The van der Waals surface area contributed by atoms with Crippen LogP contribution in [-0.4, -0.2) is 55.7 Å². The van der Waals surface area contributed by atoms with Gasteiger partial charge in [0.05, 0.1) is 19.3 Å². The number of amides is 1. The van der Waals surface area contributed by atoms with E-state index in [4.69, 9.17) is 10.5 Å². The van der Waals surface area contributed by atoms with Crippen LogP contribution in [0, 0.1) is 0 Å². The molecule has 1 fully saturated rings. The summed E-state index contributed by atoms with van der Waals surface area (Å²) in [5, 5.41) is 3.17. The molecule has 1 heterocycles. The molecule has 1 rings (SSSR count). The third-order valence-corrected chi connectivity index (χ3v) is 2.60. The maximum atomic E-state index is 10.9. The summed E-state index contributed by atoms with van der Waals surface area (Å²) in [5.41, 5.74) is 5.18. The lowest BCUT2D eigenvalue weighted by Gasteiger charge is -2.30. The number of ether oxygens (including phenoxy) is 1. The first kappa shape index (κ1) is 12.4. The fourth-order valence-electron chi connectivity index (χ4n) is 1.73. The van der Waals surface area contributed by atoms with E-state index >= 15 is 0 Å². The van der Waals surface area contributed by atoms with Crippen molar-refractivity contribution in [3.8, 4) is 0 Å². The molecule has 1 aliphatic heterocycles. The quantitative estimate of drug-likeness (QED) is 0.628. The van der Waals surface area contributed by atoms with Crippen molar-refractivity contribution in [1.29, 1.82) is 0 Å². The fraction of sp³-hybridized carbons (Fsp3) is 0.900. The highest BCUT2D eigenvalue weighted by Crippen LogP contribution is 1.99. The summed E-state index contributed by atoms with van der Waals surface area (Å²) in [6.45, 7) is 8.33. The second-order valence-electron chi connectivity index (χ2n) is 4.10. The van der Waals surface area contributed by atoms with Crippen LogP contribution in [0.2, 0.25) is 0 Å². The number of morpholine rings is 1. The van der Waals surface area contributed by atoms with E-state index in [0.717, 1.165) is 32.8 Å². The molecule has 1 saturated heterocycles. The van der Waals surface area contributed by atoms with Crippen LogP contribution in [0.25, 0.3) is 0 Å². The molecular formula is C10H21N3O2. The van der Waals surface area contributed by atoms with Crippen LogP contribution in [0.1, 0.15) is 13.8 Å². The molecule has 3 N–H and O–H groups in total. The van der Waals surface area contributed by atoms with Gasteiger partial charge in [0.25, 0.3) is 0 Å². The highest BCUT2D eigenvalue weighted by molar-refractivity contribution is 5.79. The van der Waals surface area contributed by atoms with Crippen LogP contribution in [0.5, 0.6) is 0 Å². The van der Waals surface area contributed by atoms with E-state index in [0.29, 0.717) is 0 Å². The van der Waals surface area contributed by atoms with E-state index in [1.165, 1.54) is 0 Å². The third-order valence-electron chi connectivity index (χ3n) is 2.60. The lowest BCUT2D eigenvalue weighted by atomic mass is 10.2. The summed E-state index contributed by atoms with van der Waals surface area (Å²) < 4.78 is 5.26. The second kappa shape index (κ2) is 6.05. The molecule has 0 spiro atoms. The molecule has 2 atom stereocenters. The number of nitrogens with zero attached hydrogens (tertiary/aromatic N) is 1. The van der Waals surface area contributed by atoms with Crippen LogP contribution in [0.4, 0.5) is 0 Å². The Bertz CT molecular complexity index is 205. The molecule has 5 nitrogen and oxygen atoms in total. The third kappa shape index (κ3) is 4.59. The molecule has 1 aliphatic rings. The predicted octanol–water partition coefficient (Wildman–Crippen LogP) is -0.829. The summed E-state index contributed by atoms with van der Waals surface area (Å²) in [6.07, 6.45) is 0. The molecule has 0 saturated carbocycles. The summed E-state index contributed by atoms with van der Waals surface area (Å²) in [4.78, 5) is 13.2. The monoisotopic (exact) mass is 215 g/mol. The molecule has 0 aromatic rings. The summed E-state index contributed by atoms with van der Waals surface area (Å²) in [6, 6.07) is 0.00615. The van der Waals surface area contributed by atoms with Gasteiger partial charge in [0, 0.05) is 25.7 Å². The van der Waals surface area contributed by atoms with Crippen molar-refractivity contribution in [2.45, 2.75) is 25.9 Å². The molecule has 15 heavy (non-hydrogen) atoms. The number of primary amides is 1. The van der Waals surface area contributed by atoms with E-state index in [2.05, 4.69) is 17.1 Å². The normalized spacial score (nSPS) is 22.3. The molecule has 5 heteroatoms. The molecule has 0 aromatic carbocycles. The minimum absolute atomic E-state index is 0.263. The Labute approximate surface area is 90.9 Å². The lowest BCUT2D eigenvalue weighted by molar-refractivity contribution is -0.119. The van der Waals surface area contributed by atoms with E-state index < -0.39 is 0 Å². The van der Waals surface area contributed by atoms with Crippen molar-refractivity contribution in [2.24, 2.45) is 5.73 Å². The summed E-state index contributed by atoms with van der Waals surface area (Å²) >= 11 is 0. The number of hydrogen-bond donors (Lipinski definition) is 2. The van der Waals surface area contributed by atoms with Gasteiger partial charge in [0.2, 0.25) is 5.91 Å². The van der Waals surface area contributed by atoms with Gasteiger partial charge in [-0.3, -0.25) is 9.69 Å². The van der Waals surface area contributed by atoms with Crippen molar-refractivity contribution in [2.75, 3.05) is 32.8 Å². The predicted molar refractivity (Wildman–Crippen MR) is 58.5 cm³/mol. The van der Waals surface area contributed by atoms with Gasteiger partial charge in [0.15, 0.2) is 0 Å². The number of carbonyl (C=O) groups excluding carboxylic acids is 1. The van der Waals surface area contributed by atoms with E-state index in [1.54, 1.807) is 6.92 Å². The Balaban J connectivity index is 2.22. The minimum Gasteiger partial charge on any atom is -0.379 e. The number of hydrogen-bond acceptors (Lipinski definition) is 4. The molecule has 0 radical (unpaired) electrons. The number of rotatable bonds is 5. The van der Waals surface area contributed by atoms with Crippen LogP contribution >= 0.6 is 0 Å². The van der Waals surface area contributed by atoms with Gasteiger partial charge in [-0.05, 0) is 13.8 Å². The first-order valence-corrected chi connectivity index (χ1v) is 5.45. The van der Waals surface area contributed by atoms with Crippen molar-refractivity contribution in [1.82, 2.24) is 10.2 Å². The molecule has 88 valence electrons. The average molecular weight is 215 g/mol. The molecule has 0 aliphatic carbocycles. The van der Waals surface area contributed by atoms with Crippen molar-refractivity contribution < 1.29 is 9.53 Å². The van der Waals surface area contributed by atoms with Gasteiger partial charge < -0.3 is 15.8 Å². The number of nitrogens with two attached hydrogens (primary N) is 1. The van der Waals surface area contributed by atoms with E-state index in [-0.39, 0.29) is 18.0 Å². The highest BCUT2D eigenvalue weighted by Gasteiger charge is 2.16. The molecular weight excluding hydrogens is 194 g/mol. The average Bonchev–Trinajstić information content (AvgIpc) is 2.18. The molecule has 0 aromatic heterocycles. The van der Waals surface area contributed by atoms with Crippen LogP contribution in [-0.2, 0) is 9.53 Å². The van der Waals surface area contributed by atoms with Crippen molar-refractivity contribution in [3.63, 3.8) is 0 Å². The Hall–Kier alpha value is -0.650. The Morgan fingerprint density at radius 2 is 2.07 bits per heavy atom. The maximum absolute atomic E-state index is 10.9.